The highest BCUT2D eigenvalue weighted by Gasteiger charge is 2.03. The molecule has 0 saturated heterocycles. The van der Waals surface area contributed by atoms with Crippen molar-refractivity contribution < 1.29 is 0 Å². The van der Waals surface area contributed by atoms with E-state index in [0.717, 1.165) is 22.8 Å². The van der Waals surface area contributed by atoms with E-state index in [4.69, 9.17) is 11.6 Å². The highest BCUT2D eigenvalue weighted by Crippen LogP contribution is 2.24. The molecule has 1 heterocycles. The first-order valence-electron chi connectivity index (χ1n) is 5.14. The van der Waals surface area contributed by atoms with Gasteiger partial charge in [0.2, 0.25) is 0 Å². The highest BCUT2D eigenvalue weighted by atomic mass is 35.5. The zero-order valence-corrected chi connectivity index (χ0v) is 10.3. The van der Waals surface area contributed by atoms with Crippen LogP contribution in [0.25, 0.3) is 10.9 Å². The highest BCUT2D eigenvalue weighted by molar-refractivity contribution is 7.99. The first kappa shape index (κ1) is 10.9. The Labute approximate surface area is 99.4 Å². The maximum atomic E-state index is 6.19. The lowest BCUT2D eigenvalue weighted by Gasteiger charge is -2.05. The third kappa shape index (κ3) is 2.32. The number of benzene rings is 1. The Balaban J connectivity index is 2.27. The van der Waals surface area contributed by atoms with Gasteiger partial charge in [-0.15, -0.1) is 0 Å². The zero-order valence-electron chi connectivity index (χ0n) is 8.74. The normalized spacial score (nSPS) is 11.1. The molecule has 0 radical (unpaired) electrons. The van der Waals surface area contributed by atoms with E-state index in [1.54, 1.807) is 0 Å². The number of fused-ring (bicyclic) bond motifs is 1. The number of aromatic nitrogens is 1. The first-order valence-corrected chi connectivity index (χ1v) is 6.67. The van der Waals surface area contributed by atoms with Gasteiger partial charge in [0.05, 0.1) is 10.5 Å². The Morgan fingerprint density at radius 3 is 3.00 bits per heavy atom. The summed E-state index contributed by atoms with van der Waals surface area (Å²) < 4.78 is 2.24. The van der Waals surface area contributed by atoms with Crippen LogP contribution in [0, 0.1) is 0 Å². The number of rotatable bonds is 4. The summed E-state index contributed by atoms with van der Waals surface area (Å²) >= 11 is 8.15. The van der Waals surface area contributed by atoms with Crippen LogP contribution in [-0.4, -0.2) is 16.1 Å². The average Bonchev–Trinajstić information content (AvgIpc) is 2.63. The maximum Gasteiger partial charge on any atom is 0.0669 e. The maximum absolute atomic E-state index is 6.19. The Bertz CT molecular complexity index is 450. The number of thioether (sulfide) groups is 1. The van der Waals surface area contributed by atoms with E-state index in [1.807, 2.05) is 23.9 Å². The van der Waals surface area contributed by atoms with Crippen molar-refractivity contribution in [3.8, 4) is 0 Å². The summed E-state index contributed by atoms with van der Waals surface area (Å²) in [5.41, 5.74) is 1.16. The molecule has 3 heteroatoms. The molecular weight excluding hydrogens is 226 g/mol. The summed E-state index contributed by atoms with van der Waals surface area (Å²) in [4.78, 5) is 0. The molecule has 0 aliphatic carbocycles. The van der Waals surface area contributed by atoms with Gasteiger partial charge >= 0.3 is 0 Å². The molecule has 1 aromatic carbocycles. The van der Waals surface area contributed by atoms with Gasteiger partial charge < -0.3 is 4.57 Å². The van der Waals surface area contributed by atoms with Crippen molar-refractivity contribution in [2.45, 2.75) is 13.5 Å². The molecule has 15 heavy (non-hydrogen) atoms. The Morgan fingerprint density at radius 2 is 2.20 bits per heavy atom. The number of hydrogen-bond donors (Lipinski definition) is 0. The Morgan fingerprint density at radius 1 is 1.33 bits per heavy atom. The summed E-state index contributed by atoms with van der Waals surface area (Å²) in [5.74, 6) is 2.32. The van der Waals surface area contributed by atoms with E-state index in [2.05, 4.69) is 29.8 Å². The van der Waals surface area contributed by atoms with Crippen molar-refractivity contribution in [2.75, 3.05) is 11.5 Å². The molecule has 0 N–H and O–H groups in total. The van der Waals surface area contributed by atoms with Gasteiger partial charge in [0, 0.05) is 23.9 Å². The minimum atomic E-state index is 0.846. The van der Waals surface area contributed by atoms with E-state index in [-0.39, 0.29) is 0 Å². The molecule has 1 aromatic heterocycles. The third-order valence-corrected chi connectivity index (χ3v) is 3.60. The van der Waals surface area contributed by atoms with Crippen LogP contribution in [0.4, 0.5) is 0 Å². The van der Waals surface area contributed by atoms with Crippen molar-refractivity contribution in [3.63, 3.8) is 0 Å². The van der Waals surface area contributed by atoms with E-state index >= 15 is 0 Å². The van der Waals surface area contributed by atoms with Crippen LogP contribution in [0.5, 0.6) is 0 Å². The molecule has 0 aliphatic rings. The largest absolute Gasteiger partial charge is 0.345 e. The van der Waals surface area contributed by atoms with Gasteiger partial charge in [0.15, 0.2) is 0 Å². The lowest BCUT2D eigenvalue weighted by molar-refractivity contribution is 0.807. The fourth-order valence-electron chi connectivity index (χ4n) is 1.71. The molecule has 80 valence electrons. The molecule has 0 atom stereocenters. The predicted octanol–water partition coefficient (Wildman–Crippen LogP) is 4.05. The molecule has 0 amide bonds. The molecule has 0 aliphatic heterocycles. The van der Waals surface area contributed by atoms with Crippen LogP contribution in [0.2, 0.25) is 5.02 Å². The Kier molecular flexibility index (Phi) is 3.60. The minimum absolute atomic E-state index is 0.846. The van der Waals surface area contributed by atoms with Gasteiger partial charge in [0.1, 0.15) is 0 Å². The molecule has 0 spiro atoms. The van der Waals surface area contributed by atoms with E-state index in [1.165, 1.54) is 11.1 Å². The van der Waals surface area contributed by atoms with Crippen LogP contribution >= 0.6 is 23.4 Å². The molecule has 0 saturated carbocycles. The average molecular weight is 240 g/mol. The summed E-state index contributed by atoms with van der Waals surface area (Å²) in [6.07, 6.45) is 2.12. The van der Waals surface area contributed by atoms with Crippen LogP contribution in [0.1, 0.15) is 6.92 Å². The van der Waals surface area contributed by atoms with Gasteiger partial charge in [-0.1, -0.05) is 30.7 Å². The molecule has 0 unspecified atom stereocenters. The van der Waals surface area contributed by atoms with Crippen LogP contribution in [0.3, 0.4) is 0 Å². The Hall–Kier alpha value is -0.600. The van der Waals surface area contributed by atoms with Gasteiger partial charge in [-0.2, -0.15) is 11.8 Å². The second-order valence-electron chi connectivity index (χ2n) is 3.38. The number of halogens is 1. The van der Waals surface area contributed by atoms with Gasteiger partial charge in [0.25, 0.3) is 0 Å². The molecule has 1 nitrogen and oxygen atoms in total. The fraction of sp³-hybridized carbons (Fsp3) is 0.333. The number of nitrogens with zero attached hydrogens (tertiary/aromatic N) is 1. The van der Waals surface area contributed by atoms with Crippen molar-refractivity contribution in [1.29, 1.82) is 0 Å². The van der Waals surface area contributed by atoms with Gasteiger partial charge in [-0.25, -0.2) is 0 Å². The van der Waals surface area contributed by atoms with Gasteiger partial charge in [-0.3, -0.25) is 0 Å². The second-order valence-corrected chi connectivity index (χ2v) is 5.18. The lowest BCUT2D eigenvalue weighted by atomic mass is 10.2. The topological polar surface area (TPSA) is 4.93 Å². The van der Waals surface area contributed by atoms with Crippen molar-refractivity contribution in [1.82, 2.24) is 4.57 Å². The van der Waals surface area contributed by atoms with E-state index in [0.29, 0.717) is 0 Å². The first-order chi connectivity index (χ1) is 7.33. The van der Waals surface area contributed by atoms with Crippen LogP contribution < -0.4 is 0 Å². The summed E-state index contributed by atoms with van der Waals surface area (Å²) in [7, 11) is 0. The smallest absolute Gasteiger partial charge is 0.0669 e. The summed E-state index contributed by atoms with van der Waals surface area (Å²) in [6.45, 7) is 3.22. The van der Waals surface area contributed by atoms with E-state index < -0.39 is 0 Å². The molecule has 0 bridgehead atoms. The van der Waals surface area contributed by atoms with Gasteiger partial charge in [-0.05, 0) is 17.9 Å². The van der Waals surface area contributed by atoms with Crippen LogP contribution in [0.15, 0.2) is 30.5 Å². The number of aryl methyl sites for hydroxylation is 1. The monoisotopic (exact) mass is 239 g/mol. The second kappa shape index (κ2) is 4.95. The predicted molar refractivity (Wildman–Crippen MR) is 69.9 cm³/mol. The summed E-state index contributed by atoms with van der Waals surface area (Å²) in [6, 6.07) is 8.17. The number of hydrogen-bond acceptors (Lipinski definition) is 1. The molecule has 2 rings (SSSR count). The molecule has 0 fully saturated rings. The molecule has 2 aromatic rings. The van der Waals surface area contributed by atoms with Crippen molar-refractivity contribution in [2.24, 2.45) is 0 Å². The minimum Gasteiger partial charge on any atom is -0.345 e. The SMILES string of the molecule is CCSCCn1ccc2cccc(Cl)c21. The quantitative estimate of drug-likeness (QED) is 0.729. The van der Waals surface area contributed by atoms with E-state index in [9.17, 15) is 0 Å². The zero-order chi connectivity index (χ0) is 10.7. The van der Waals surface area contributed by atoms with Crippen molar-refractivity contribution in [3.05, 3.63) is 35.5 Å². The standard InChI is InChI=1S/C12H14ClNS/c1-2-15-9-8-14-7-6-10-4-3-5-11(13)12(10)14/h3-7H,2,8-9H2,1H3. The fourth-order valence-corrected chi connectivity index (χ4v) is 2.61. The third-order valence-electron chi connectivity index (χ3n) is 2.42. The molecular formula is C12H14ClNS. The van der Waals surface area contributed by atoms with Crippen molar-refractivity contribution >= 4 is 34.3 Å². The lowest BCUT2D eigenvalue weighted by Crippen LogP contribution is -1.98. The summed E-state index contributed by atoms with van der Waals surface area (Å²) in [5, 5.41) is 2.07. The van der Waals surface area contributed by atoms with Crippen LogP contribution in [-0.2, 0) is 6.54 Å². The number of para-hydroxylation sites is 1.